The molecule has 0 aliphatic rings. The number of aromatic amines is 1. The average molecular weight is 389 g/mol. The van der Waals surface area contributed by atoms with Gasteiger partial charge >= 0.3 is 17.8 Å². The van der Waals surface area contributed by atoms with Crippen LogP contribution >= 0.6 is 0 Å². The highest BCUT2D eigenvalue weighted by Gasteiger charge is 2.64. The summed E-state index contributed by atoms with van der Waals surface area (Å²) in [6, 6.07) is 5.58. The van der Waals surface area contributed by atoms with Crippen molar-refractivity contribution in [1.82, 2.24) is 9.55 Å². The van der Waals surface area contributed by atoms with Gasteiger partial charge in [-0.3, -0.25) is 9.78 Å². The van der Waals surface area contributed by atoms with E-state index in [-0.39, 0.29) is 11.4 Å². The number of nitrogens with one attached hydrogen (secondary N) is 1. The molecule has 1 aromatic carbocycles. The first-order valence-corrected chi connectivity index (χ1v) is 7.16. The number of ether oxygens (including phenoxy) is 2. The first kappa shape index (κ1) is 20.0. The Balaban J connectivity index is 2.98. The van der Waals surface area contributed by atoms with Gasteiger partial charge < -0.3 is 20.3 Å². The largest absolute Gasteiger partial charge is 0.495 e. The van der Waals surface area contributed by atoms with Crippen molar-refractivity contribution in [3.8, 4) is 11.4 Å². The van der Waals surface area contributed by atoms with Gasteiger partial charge in [0.2, 0.25) is 0 Å². The Morgan fingerprint density at radius 2 is 1.81 bits per heavy atom. The molecule has 4 N–H and O–H groups in total. The Bertz CT molecular complexity index is 998. The lowest BCUT2D eigenvalue weighted by molar-refractivity contribution is -0.267. The van der Waals surface area contributed by atoms with Crippen molar-refractivity contribution in [2.75, 3.05) is 20.0 Å². The van der Waals surface area contributed by atoms with Crippen molar-refractivity contribution in [2.45, 2.75) is 11.8 Å². The van der Waals surface area contributed by atoms with E-state index in [1.165, 1.54) is 31.4 Å². The van der Waals surface area contributed by atoms with Gasteiger partial charge in [0.25, 0.3) is 11.2 Å². The molecule has 1 atom stereocenters. The van der Waals surface area contributed by atoms with E-state index in [1.807, 2.05) is 0 Å². The summed E-state index contributed by atoms with van der Waals surface area (Å²) in [5, 5.41) is 10.1. The molecule has 12 heteroatoms. The number of alkyl halides is 3. The number of anilines is 1. The summed E-state index contributed by atoms with van der Waals surface area (Å²) in [5.41, 5.74) is -3.41. The highest BCUT2D eigenvalue weighted by molar-refractivity contribution is 5.84. The van der Waals surface area contributed by atoms with E-state index in [9.17, 15) is 32.7 Å². The monoisotopic (exact) mass is 389 g/mol. The van der Waals surface area contributed by atoms with Crippen LogP contribution < -0.4 is 21.7 Å². The number of carbonyl (C=O) groups excluding carboxylic acids is 1. The third-order valence-electron chi connectivity index (χ3n) is 3.73. The predicted octanol–water partition coefficient (Wildman–Crippen LogP) is 0.0395. The van der Waals surface area contributed by atoms with Crippen molar-refractivity contribution in [3.05, 3.63) is 50.7 Å². The van der Waals surface area contributed by atoms with Gasteiger partial charge in [-0.1, -0.05) is 12.1 Å². The Morgan fingerprint density at radius 3 is 2.33 bits per heavy atom. The Labute approximate surface area is 148 Å². The van der Waals surface area contributed by atoms with Crippen LogP contribution in [0.5, 0.6) is 5.75 Å². The minimum atomic E-state index is -5.68. The second kappa shape index (κ2) is 6.79. The molecule has 1 heterocycles. The number of nitrogen functional groups attached to an aromatic ring is 1. The SMILES string of the molecule is COC(=O)[C@@](O)(c1c(N)n(-c2ccccc2OC)c(=O)[nH]c1=O)C(F)(F)F. The van der Waals surface area contributed by atoms with Gasteiger partial charge in [0.1, 0.15) is 17.1 Å². The zero-order chi connectivity index (χ0) is 20.6. The highest BCUT2D eigenvalue weighted by atomic mass is 19.4. The first-order chi connectivity index (χ1) is 12.5. The summed E-state index contributed by atoms with van der Waals surface area (Å²) in [5.74, 6) is -3.28. The fourth-order valence-electron chi connectivity index (χ4n) is 2.46. The molecular formula is C15H14F3N3O6. The fourth-order valence-corrected chi connectivity index (χ4v) is 2.46. The topological polar surface area (TPSA) is 137 Å². The van der Waals surface area contributed by atoms with Gasteiger partial charge in [-0.05, 0) is 12.1 Å². The summed E-state index contributed by atoms with van der Waals surface area (Å²) in [6.07, 6.45) is -5.68. The number of hydrogen-bond donors (Lipinski definition) is 3. The molecular weight excluding hydrogens is 375 g/mol. The zero-order valence-corrected chi connectivity index (χ0v) is 14.0. The smallest absolute Gasteiger partial charge is 0.432 e. The van der Waals surface area contributed by atoms with E-state index in [0.29, 0.717) is 11.7 Å². The number of aliphatic hydroxyl groups is 1. The number of halogens is 3. The molecule has 0 saturated heterocycles. The zero-order valence-electron chi connectivity index (χ0n) is 14.0. The summed E-state index contributed by atoms with van der Waals surface area (Å²) < 4.78 is 50.0. The standard InChI is InChI=1S/C15H14F3N3O6/c1-26-8-6-4-3-5-7(8)21-10(19)9(11(22)20-13(21)24)14(25,12(23)27-2)15(16,17)18/h3-6,25H,19H2,1-2H3,(H,20,22,24)/t14-/m0/s1. The van der Waals surface area contributed by atoms with Crippen LogP contribution in [0.3, 0.4) is 0 Å². The van der Waals surface area contributed by atoms with E-state index >= 15 is 0 Å². The number of nitrogens with zero attached hydrogens (tertiary/aromatic N) is 1. The Morgan fingerprint density at radius 1 is 1.22 bits per heavy atom. The van der Waals surface area contributed by atoms with E-state index in [2.05, 4.69) is 4.74 Å². The molecule has 0 unspecified atom stereocenters. The summed E-state index contributed by atoms with van der Waals surface area (Å²) in [4.78, 5) is 37.6. The number of methoxy groups -OCH3 is 2. The molecule has 0 radical (unpaired) electrons. The maximum Gasteiger partial charge on any atom is 0.432 e. The molecule has 0 bridgehead atoms. The fraction of sp³-hybridized carbons (Fsp3) is 0.267. The highest BCUT2D eigenvalue weighted by Crippen LogP contribution is 2.41. The average Bonchev–Trinajstić information content (AvgIpc) is 2.59. The predicted molar refractivity (Wildman–Crippen MR) is 85.6 cm³/mol. The third-order valence-corrected chi connectivity index (χ3v) is 3.73. The number of esters is 1. The second-order valence-corrected chi connectivity index (χ2v) is 5.23. The van der Waals surface area contributed by atoms with Gasteiger partial charge in [0.05, 0.1) is 19.9 Å². The third kappa shape index (κ3) is 3.03. The number of rotatable bonds is 4. The van der Waals surface area contributed by atoms with Crippen molar-refractivity contribution in [3.63, 3.8) is 0 Å². The van der Waals surface area contributed by atoms with Crippen LogP contribution in [0, 0.1) is 0 Å². The summed E-state index contributed by atoms with van der Waals surface area (Å²) in [7, 11) is 1.81. The van der Waals surface area contributed by atoms with Gasteiger partial charge in [-0.15, -0.1) is 0 Å². The maximum absolute atomic E-state index is 13.5. The van der Waals surface area contributed by atoms with Crippen LogP contribution in [0.2, 0.25) is 0 Å². The summed E-state index contributed by atoms with van der Waals surface area (Å²) in [6.45, 7) is 0. The number of para-hydroxylation sites is 2. The second-order valence-electron chi connectivity index (χ2n) is 5.23. The van der Waals surface area contributed by atoms with Gasteiger partial charge in [-0.2, -0.15) is 13.2 Å². The molecule has 146 valence electrons. The quantitative estimate of drug-likeness (QED) is 0.628. The Kier molecular flexibility index (Phi) is 5.04. The van der Waals surface area contributed by atoms with Crippen molar-refractivity contribution in [1.29, 1.82) is 0 Å². The lowest BCUT2D eigenvalue weighted by Gasteiger charge is -2.28. The molecule has 1 aromatic heterocycles. The molecule has 2 rings (SSSR count). The minimum Gasteiger partial charge on any atom is -0.495 e. The normalized spacial score (nSPS) is 13.7. The number of nitrogens with two attached hydrogens (primary N) is 1. The van der Waals surface area contributed by atoms with Crippen molar-refractivity contribution >= 4 is 11.8 Å². The Hall–Kier alpha value is -3.28. The van der Waals surface area contributed by atoms with E-state index in [1.54, 1.807) is 4.98 Å². The van der Waals surface area contributed by atoms with Crippen molar-refractivity contribution in [2.24, 2.45) is 0 Å². The molecule has 0 spiro atoms. The molecule has 0 fully saturated rings. The van der Waals surface area contributed by atoms with Crippen LogP contribution in [0.15, 0.2) is 33.9 Å². The van der Waals surface area contributed by atoms with Crippen LogP contribution in [0.25, 0.3) is 5.69 Å². The molecule has 9 nitrogen and oxygen atoms in total. The van der Waals surface area contributed by atoms with E-state index < -0.39 is 40.4 Å². The van der Waals surface area contributed by atoms with E-state index in [0.717, 1.165) is 0 Å². The minimum absolute atomic E-state index is 0.0258. The van der Waals surface area contributed by atoms with E-state index in [4.69, 9.17) is 10.5 Å². The number of hydrogen-bond acceptors (Lipinski definition) is 7. The number of H-pyrrole nitrogens is 1. The summed E-state index contributed by atoms with van der Waals surface area (Å²) >= 11 is 0. The van der Waals surface area contributed by atoms with Crippen LogP contribution in [-0.4, -0.2) is 41.0 Å². The van der Waals surface area contributed by atoms with Crippen LogP contribution in [0.4, 0.5) is 19.0 Å². The molecule has 0 saturated carbocycles. The lowest BCUT2D eigenvalue weighted by atomic mass is 9.94. The molecule has 0 amide bonds. The van der Waals surface area contributed by atoms with Gasteiger partial charge in [-0.25, -0.2) is 14.2 Å². The van der Waals surface area contributed by atoms with Crippen molar-refractivity contribution < 1.29 is 32.5 Å². The molecule has 27 heavy (non-hydrogen) atoms. The van der Waals surface area contributed by atoms with Crippen LogP contribution in [-0.2, 0) is 15.1 Å². The van der Waals surface area contributed by atoms with Gasteiger partial charge in [0, 0.05) is 0 Å². The number of aromatic nitrogens is 2. The molecule has 0 aliphatic heterocycles. The van der Waals surface area contributed by atoms with Gasteiger partial charge in [0.15, 0.2) is 0 Å². The molecule has 0 aliphatic carbocycles. The number of benzene rings is 1. The van der Waals surface area contributed by atoms with Crippen LogP contribution in [0.1, 0.15) is 5.56 Å². The molecule has 2 aromatic rings. The lowest BCUT2D eigenvalue weighted by Crippen LogP contribution is -2.54. The maximum atomic E-state index is 13.5. The number of carbonyl (C=O) groups is 1. The first-order valence-electron chi connectivity index (χ1n) is 7.16.